The summed E-state index contributed by atoms with van der Waals surface area (Å²) in [5.41, 5.74) is 1.86. The Morgan fingerprint density at radius 2 is 2.05 bits per heavy atom. The third-order valence-electron chi connectivity index (χ3n) is 5.24. The summed E-state index contributed by atoms with van der Waals surface area (Å²) in [6.45, 7) is 0. The maximum absolute atomic E-state index is 12.8. The lowest BCUT2D eigenvalue weighted by atomic mass is 9.89. The number of amides is 1. The number of aryl methyl sites for hydroxylation is 1. The van der Waals surface area contributed by atoms with Gasteiger partial charge in [0.15, 0.2) is 0 Å². The molecule has 0 unspecified atom stereocenters. The lowest BCUT2D eigenvalue weighted by molar-refractivity contribution is -0.142. The normalized spacial score (nSPS) is 30.5. The van der Waals surface area contributed by atoms with Crippen molar-refractivity contribution < 1.29 is 19.2 Å². The molecule has 1 amide bonds. The first-order valence-electron chi connectivity index (χ1n) is 7.69. The largest absolute Gasteiger partial charge is 0.481 e. The zero-order valence-electron chi connectivity index (χ0n) is 11.7. The van der Waals surface area contributed by atoms with Gasteiger partial charge in [-0.15, -0.1) is 0 Å². The van der Waals surface area contributed by atoms with E-state index in [9.17, 15) is 14.7 Å². The van der Waals surface area contributed by atoms with Gasteiger partial charge in [-0.1, -0.05) is 5.16 Å². The highest BCUT2D eigenvalue weighted by molar-refractivity contribution is 5.94. The Balaban J connectivity index is 1.64. The van der Waals surface area contributed by atoms with Gasteiger partial charge in [-0.05, 0) is 44.9 Å². The Kier molecular flexibility index (Phi) is 2.80. The smallest absolute Gasteiger partial charge is 0.308 e. The fourth-order valence-corrected chi connectivity index (χ4v) is 4.25. The van der Waals surface area contributed by atoms with Crippen molar-refractivity contribution in [3.05, 3.63) is 17.0 Å². The van der Waals surface area contributed by atoms with Crippen LogP contribution < -0.4 is 0 Å². The van der Waals surface area contributed by atoms with E-state index >= 15 is 0 Å². The van der Waals surface area contributed by atoms with Crippen molar-refractivity contribution >= 4 is 11.9 Å². The van der Waals surface area contributed by atoms with E-state index in [4.69, 9.17) is 4.52 Å². The molecule has 6 heteroatoms. The molecule has 112 valence electrons. The van der Waals surface area contributed by atoms with E-state index in [0.717, 1.165) is 49.8 Å². The zero-order chi connectivity index (χ0) is 14.6. The minimum atomic E-state index is -0.792. The van der Waals surface area contributed by atoms with Gasteiger partial charge in [-0.3, -0.25) is 9.59 Å². The van der Waals surface area contributed by atoms with Gasteiger partial charge in [0.25, 0.3) is 5.91 Å². The predicted molar refractivity (Wildman–Crippen MR) is 71.9 cm³/mol. The molecule has 0 aromatic carbocycles. The lowest BCUT2D eigenvalue weighted by Crippen LogP contribution is -2.38. The van der Waals surface area contributed by atoms with E-state index in [1.54, 1.807) is 4.90 Å². The summed E-state index contributed by atoms with van der Waals surface area (Å²) in [5, 5.41) is 13.3. The van der Waals surface area contributed by atoms with Crippen molar-refractivity contribution in [2.45, 2.75) is 57.0 Å². The van der Waals surface area contributed by atoms with E-state index < -0.39 is 11.9 Å². The highest BCUT2D eigenvalue weighted by Gasteiger charge is 2.52. The number of carboxylic acid groups (broad SMARTS) is 1. The summed E-state index contributed by atoms with van der Waals surface area (Å²) in [4.78, 5) is 25.9. The van der Waals surface area contributed by atoms with Crippen molar-refractivity contribution in [2.24, 2.45) is 5.92 Å². The van der Waals surface area contributed by atoms with Crippen LogP contribution >= 0.6 is 0 Å². The number of rotatable bonds is 2. The first-order chi connectivity index (χ1) is 10.2. The summed E-state index contributed by atoms with van der Waals surface area (Å²) in [6, 6.07) is -0.128. The third kappa shape index (κ3) is 1.81. The van der Waals surface area contributed by atoms with Crippen LogP contribution in [0, 0.1) is 5.92 Å². The number of carbonyl (C=O) groups excluding carboxylic acids is 1. The Hall–Kier alpha value is -1.85. The van der Waals surface area contributed by atoms with Crippen LogP contribution in [0.3, 0.4) is 0 Å². The molecule has 2 aliphatic heterocycles. The molecule has 3 atom stereocenters. The van der Waals surface area contributed by atoms with Gasteiger partial charge in [0, 0.05) is 17.6 Å². The van der Waals surface area contributed by atoms with Crippen LogP contribution in [0.2, 0.25) is 0 Å². The second kappa shape index (κ2) is 4.58. The number of carbonyl (C=O) groups is 2. The van der Waals surface area contributed by atoms with Crippen molar-refractivity contribution in [1.82, 2.24) is 10.1 Å². The Morgan fingerprint density at radius 3 is 2.81 bits per heavy atom. The predicted octanol–water partition coefficient (Wildman–Crippen LogP) is 1.63. The molecule has 0 spiro atoms. The third-order valence-corrected chi connectivity index (χ3v) is 5.24. The van der Waals surface area contributed by atoms with Crippen LogP contribution in [0.1, 0.15) is 53.9 Å². The molecule has 0 saturated carbocycles. The molecule has 2 fully saturated rings. The van der Waals surface area contributed by atoms with Crippen molar-refractivity contribution in [1.29, 1.82) is 0 Å². The first kappa shape index (κ1) is 12.9. The number of aliphatic carboxylic acids is 1. The number of fused-ring (bicyclic) bond motifs is 3. The number of aromatic nitrogens is 1. The highest BCUT2D eigenvalue weighted by Crippen LogP contribution is 2.43. The van der Waals surface area contributed by atoms with Crippen LogP contribution in [0.15, 0.2) is 4.52 Å². The molecule has 1 N–H and O–H groups in total. The monoisotopic (exact) mass is 290 g/mol. The van der Waals surface area contributed by atoms with Gasteiger partial charge < -0.3 is 14.5 Å². The molecule has 1 aromatic heterocycles. The SMILES string of the molecule is O=C(O)[C@@H]1C[C@H]2CC[C@@H]1N2C(=O)c1onc2c1CCCC2. The summed E-state index contributed by atoms with van der Waals surface area (Å²) >= 11 is 0. The van der Waals surface area contributed by atoms with Crippen LogP contribution in [-0.4, -0.2) is 39.1 Å². The fourth-order valence-electron chi connectivity index (χ4n) is 4.25. The molecule has 1 aliphatic carbocycles. The second-order valence-corrected chi connectivity index (χ2v) is 6.34. The average molecular weight is 290 g/mol. The number of hydrogen-bond donors (Lipinski definition) is 1. The summed E-state index contributed by atoms with van der Waals surface area (Å²) in [5.74, 6) is -1.01. The van der Waals surface area contributed by atoms with Gasteiger partial charge in [0.1, 0.15) is 0 Å². The molecular weight excluding hydrogens is 272 g/mol. The zero-order valence-corrected chi connectivity index (χ0v) is 11.7. The van der Waals surface area contributed by atoms with Gasteiger partial charge in [-0.25, -0.2) is 0 Å². The average Bonchev–Trinajstić information content (AvgIpc) is 3.18. The van der Waals surface area contributed by atoms with E-state index in [1.807, 2.05) is 0 Å². The maximum Gasteiger partial charge on any atom is 0.308 e. The Labute approximate surface area is 122 Å². The maximum atomic E-state index is 12.8. The Bertz CT molecular complexity index is 609. The molecule has 6 nitrogen and oxygen atoms in total. The van der Waals surface area contributed by atoms with Gasteiger partial charge in [-0.2, -0.15) is 0 Å². The number of carboxylic acids is 1. The lowest BCUT2D eigenvalue weighted by Gasteiger charge is -2.22. The van der Waals surface area contributed by atoms with Crippen molar-refractivity contribution in [3.63, 3.8) is 0 Å². The van der Waals surface area contributed by atoms with E-state index in [0.29, 0.717) is 12.2 Å². The first-order valence-corrected chi connectivity index (χ1v) is 7.69. The van der Waals surface area contributed by atoms with Gasteiger partial charge in [0.2, 0.25) is 5.76 Å². The summed E-state index contributed by atoms with van der Waals surface area (Å²) < 4.78 is 5.32. The number of nitrogens with zero attached hydrogens (tertiary/aromatic N) is 2. The van der Waals surface area contributed by atoms with E-state index in [-0.39, 0.29) is 18.0 Å². The molecule has 2 bridgehead atoms. The van der Waals surface area contributed by atoms with Gasteiger partial charge in [0.05, 0.1) is 11.6 Å². The van der Waals surface area contributed by atoms with Crippen LogP contribution in [0.4, 0.5) is 0 Å². The van der Waals surface area contributed by atoms with Crippen molar-refractivity contribution in [2.75, 3.05) is 0 Å². The van der Waals surface area contributed by atoms with Crippen molar-refractivity contribution in [3.8, 4) is 0 Å². The highest BCUT2D eigenvalue weighted by atomic mass is 16.5. The van der Waals surface area contributed by atoms with Crippen LogP contribution in [-0.2, 0) is 17.6 Å². The number of hydrogen-bond acceptors (Lipinski definition) is 4. The summed E-state index contributed by atoms with van der Waals surface area (Å²) in [6.07, 6.45) is 6.10. The minimum absolute atomic E-state index is 0.0490. The van der Waals surface area contributed by atoms with E-state index in [2.05, 4.69) is 5.16 Å². The molecule has 1 aromatic rings. The Morgan fingerprint density at radius 1 is 1.24 bits per heavy atom. The standard InChI is InChI=1S/C15H18N2O4/c18-14(13-9-3-1-2-4-11(9)16-21-13)17-8-5-6-12(17)10(7-8)15(19)20/h8,10,12H,1-7H2,(H,19,20)/t8-,10-,12+/m1/s1. The van der Waals surface area contributed by atoms with Crippen LogP contribution in [0.5, 0.6) is 0 Å². The molecule has 21 heavy (non-hydrogen) atoms. The summed E-state index contributed by atoms with van der Waals surface area (Å²) in [7, 11) is 0. The van der Waals surface area contributed by atoms with Gasteiger partial charge >= 0.3 is 5.97 Å². The quantitative estimate of drug-likeness (QED) is 0.895. The molecule has 3 aliphatic rings. The molecule has 2 saturated heterocycles. The molecule has 3 heterocycles. The molecule has 4 rings (SSSR count). The van der Waals surface area contributed by atoms with Crippen LogP contribution in [0.25, 0.3) is 0 Å². The fraction of sp³-hybridized carbons (Fsp3) is 0.667. The second-order valence-electron chi connectivity index (χ2n) is 6.34. The topological polar surface area (TPSA) is 83.6 Å². The van der Waals surface area contributed by atoms with E-state index in [1.165, 1.54) is 0 Å². The minimum Gasteiger partial charge on any atom is -0.481 e. The molecule has 0 radical (unpaired) electrons. The molecular formula is C15H18N2O4.